The van der Waals surface area contributed by atoms with Gasteiger partial charge in [0.1, 0.15) is 12.2 Å². The highest BCUT2D eigenvalue weighted by Crippen LogP contribution is 2.46. The molecule has 4 aliphatic carbocycles. The van der Waals surface area contributed by atoms with Gasteiger partial charge >= 0.3 is 0 Å². The molecule has 0 bridgehead atoms. The lowest BCUT2D eigenvalue weighted by molar-refractivity contribution is -0.145. The molecule has 0 spiro atoms. The molecule has 4 saturated carbocycles. The molecule has 3 amide bonds. The third-order valence-corrected chi connectivity index (χ3v) is 15.1. The lowest BCUT2D eigenvalue weighted by Crippen LogP contribution is -2.56. The molecule has 7 aliphatic rings. The summed E-state index contributed by atoms with van der Waals surface area (Å²) in [5.41, 5.74) is 3.67. The van der Waals surface area contributed by atoms with Crippen LogP contribution in [0.4, 0.5) is 4.39 Å². The average molecular weight is 755 g/mol. The van der Waals surface area contributed by atoms with Gasteiger partial charge in [-0.15, -0.1) is 0 Å². The van der Waals surface area contributed by atoms with Crippen molar-refractivity contribution in [1.29, 1.82) is 0 Å². The summed E-state index contributed by atoms with van der Waals surface area (Å²) in [6.07, 6.45) is 22.0. The molecule has 54 heavy (non-hydrogen) atoms. The number of nitrogens with zero attached hydrogens (tertiary/aromatic N) is 3. The molecule has 7 rings (SSSR count). The number of fused-ring (bicyclic) bond motifs is 1. The predicted octanol–water partition coefficient (Wildman–Crippen LogP) is 6.57. The first-order chi connectivity index (χ1) is 26.3. The Morgan fingerprint density at radius 2 is 1.50 bits per heavy atom. The molecule has 0 aromatic rings. The highest BCUT2D eigenvalue weighted by Gasteiger charge is 2.53. The number of rotatable bonds is 13. The number of allylic oxidation sites excluding steroid dienone is 2. The summed E-state index contributed by atoms with van der Waals surface area (Å²) < 4.78 is 22.5. The third kappa shape index (κ3) is 9.45. The number of nitrogens with one attached hydrogen (secondary N) is 1. The summed E-state index contributed by atoms with van der Waals surface area (Å²) >= 11 is 0. The third-order valence-electron chi connectivity index (χ3n) is 15.1. The number of carbonyl (C=O) groups excluding carboxylic acids is 3. The average Bonchev–Trinajstić information content (AvgIpc) is 3.53. The Balaban J connectivity index is 0.785. The molecule has 0 radical (unpaired) electrons. The second-order valence-corrected chi connectivity index (χ2v) is 18.3. The number of alkyl halides is 1. The van der Waals surface area contributed by atoms with E-state index in [1.165, 1.54) is 89.9 Å². The van der Waals surface area contributed by atoms with Gasteiger partial charge in [0.25, 0.3) is 0 Å². The van der Waals surface area contributed by atoms with Crippen LogP contribution < -0.4 is 5.32 Å². The minimum atomic E-state index is -1.08. The molecule has 3 heterocycles. The summed E-state index contributed by atoms with van der Waals surface area (Å²) in [4.78, 5) is 43.7. The molecule has 7 fully saturated rings. The topological polar surface area (TPSA) is 102 Å². The first-order valence-corrected chi connectivity index (χ1v) is 22.6. The van der Waals surface area contributed by atoms with Crippen molar-refractivity contribution in [2.45, 2.75) is 172 Å². The predicted molar refractivity (Wildman–Crippen MR) is 208 cm³/mol. The van der Waals surface area contributed by atoms with Crippen LogP contribution in [0.15, 0.2) is 11.1 Å². The molecule has 10 heteroatoms. The van der Waals surface area contributed by atoms with Gasteiger partial charge in [0, 0.05) is 63.6 Å². The fraction of sp³-hybridized carbons (Fsp3) is 0.886. The molecule has 0 aromatic heterocycles. The normalized spacial score (nSPS) is 36.9. The zero-order valence-corrected chi connectivity index (χ0v) is 33.4. The number of aliphatic hydroxyl groups excluding tert-OH is 1. The van der Waals surface area contributed by atoms with Crippen LogP contribution in [0.2, 0.25) is 0 Å². The maximum Gasteiger partial charge on any atom is 0.249 e. The van der Waals surface area contributed by atoms with Crippen molar-refractivity contribution < 1.29 is 28.6 Å². The highest BCUT2D eigenvalue weighted by molar-refractivity contribution is 6.02. The Bertz CT molecular complexity index is 1300. The maximum absolute atomic E-state index is 16.1. The quantitative estimate of drug-likeness (QED) is 0.125. The van der Waals surface area contributed by atoms with Gasteiger partial charge in [-0.3, -0.25) is 24.6 Å². The molecule has 5 atom stereocenters. The van der Waals surface area contributed by atoms with Gasteiger partial charge in [-0.1, -0.05) is 37.3 Å². The Morgan fingerprint density at radius 1 is 0.796 bits per heavy atom. The molecular weight excluding hydrogens is 684 g/mol. The van der Waals surface area contributed by atoms with E-state index in [2.05, 4.69) is 22.0 Å². The van der Waals surface area contributed by atoms with Crippen molar-refractivity contribution in [3.05, 3.63) is 11.1 Å². The van der Waals surface area contributed by atoms with E-state index < -0.39 is 18.1 Å². The van der Waals surface area contributed by atoms with Crippen LogP contribution >= 0.6 is 0 Å². The lowest BCUT2D eigenvalue weighted by Gasteiger charge is -2.44. The van der Waals surface area contributed by atoms with Crippen LogP contribution in [-0.2, 0) is 19.1 Å². The van der Waals surface area contributed by atoms with Crippen LogP contribution in [0.5, 0.6) is 0 Å². The lowest BCUT2D eigenvalue weighted by atomic mass is 9.68. The zero-order chi connectivity index (χ0) is 37.6. The highest BCUT2D eigenvalue weighted by atomic mass is 19.1. The second kappa shape index (κ2) is 19.0. The SMILES string of the molecule is CC/C(=C(\C1CCC(O)CC1)C1CCC(OCCCCCN2CCN(C3CCC4C(=O)N(C5CCC(=O)NC5=O)CC4C3F)CC2)CC1)C1CCCCC1. The number of halogens is 1. The van der Waals surface area contributed by atoms with Gasteiger partial charge in [-0.25, -0.2) is 4.39 Å². The van der Waals surface area contributed by atoms with Gasteiger partial charge in [0.2, 0.25) is 17.7 Å². The summed E-state index contributed by atoms with van der Waals surface area (Å²) in [5, 5.41) is 12.6. The standard InChI is InChI=1S/C44H71FN4O5/c1-2-35(30-9-5-3-6-10-30)41(31-11-15-33(50)16-12-31)32-13-17-34(18-14-32)54-28-8-4-7-23-47-24-26-48(27-25-47)38-20-19-36-37(42(38)45)29-49(44(36)53)39-21-22-40(51)46-43(39)52/h30-34,36-39,42,50H,2-29H2,1H3,(H,46,51,52)/b41-35-. The number of piperazine rings is 1. The molecule has 0 aromatic carbocycles. The summed E-state index contributed by atoms with van der Waals surface area (Å²) in [5.74, 6) is 0.676. The number of carbonyl (C=O) groups is 3. The summed E-state index contributed by atoms with van der Waals surface area (Å²) in [6.45, 7) is 8.26. The van der Waals surface area contributed by atoms with E-state index in [4.69, 9.17) is 4.74 Å². The number of unbranched alkanes of at least 4 members (excludes halogenated alkanes) is 2. The number of imide groups is 1. The number of likely N-dealkylation sites (tertiary alicyclic amines) is 1. The van der Waals surface area contributed by atoms with E-state index in [0.717, 1.165) is 70.4 Å². The Kier molecular flexibility index (Phi) is 14.2. The fourth-order valence-corrected chi connectivity index (χ4v) is 12.1. The van der Waals surface area contributed by atoms with Crippen molar-refractivity contribution in [2.24, 2.45) is 29.6 Å². The number of ether oxygens (including phenoxy) is 1. The fourth-order valence-electron chi connectivity index (χ4n) is 12.1. The van der Waals surface area contributed by atoms with Crippen molar-refractivity contribution >= 4 is 17.7 Å². The second-order valence-electron chi connectivity index (χ2n) is 18.3. The van der Waals surface area contributed by atoms with Crippen LogP contribution in [-0.4, -0.2) is 114 Å². The van der Waals surface area contributed by atoms with E-state index in [1.807, 2.05) is 11.1 Å². The van der Waals surface area contributed by atoms with E-state index in [-0.39, 0.29) is 48.8 Å². The number of hydrogen-bond acceptors (Lipinski definition) is 7. The Hall–Kier alpha value is -1.88. The molecule has 3 aliphatic heterocycles. The molecule has 9 nitrogen and oxygen atoms in total. The van der Waals surface area contributed by atoms with Gasteiger partial charge in [-0.05, 0) is 133 Å². The first kappa shape index (κ1) is 40.3. The van der Waals surface area contributed by atoms with Gasteiger partial charge in [0.05, 0.1) is 12.2 Å². The van der Waals surface area contributed by atoms with Crippen LogP contribution in [0.3, 0.4) is 0 Å². The largest absolute Gasteiger partial charge is 0.393 e. The molecule has 3 saturated heterocycles. The van der Waals surface area contributed by atoms with Gasteiger partial charge < -0.3 is 19.6 Å². The van der Waals surface area contributed by atoms with Crippen molar-refractivity contribution in [1.82, 2.24) is 20.0 Å². The van der Waals surface area contributed by atoms with E-state index in [1.54, 1.807) is 4.90 Å². The Morgan fingerprint density at radius 3 is 2.19 bits per heavy atom. The maximum atomic E-state index is 16.1. The molecule has 5 unspecified atom stereocenters. The minimum Gasteiger partial charge on any atom is -0.393 e. The van der Waals surface area contributed by atoms with Crippen molar-refractivity contribution in [2.75, 3.05) is 45.9 Å². The summed E-state index contributed by atoms with van der Waals surface area (Å²) in [7, 11) is 0. The van der Waals surface area contributed by atoms with E-state index in [9.17, 15) is 19.5 Å². The van der Waals surface area contributed by atoms with Crippen LogP contribution in [0, 0.1) is 29.6 Å². The van der Waals surface area contributed by atoms with Crippen LogP contribution in [0.1, 0.15) is 142 Å². The monoisotopic (exact) mass is 755 g/mol. The van der Waals surface area contributed by atoms with Crippen molar-refractivity contribution in [3.63, 3.8) is 0 Å². The van der Waals surface area contributed by atoms with Crippen molar-refractivity contribution in [3.8, 4) is 0 Å². The number of aliphatic hydroxyl groups is 1. The number of amides is 3. The zero-order valence-electron chi connectivity index (χ0n) is 33.4. The Labute approximate surface area is 324 Å². The smallest absolute Gasteiger partial charge is 0.249 e. The number of piperidine rings is 1. The van der Waals surface area contributed by atoms with Gasteiger partial charge in [-0.2, -0.15) is 0 Å². The minimum absolute atomic E-state index is 0.0896. The first-order valence-electron chi connectivity index (χ1n) is 22.6. The number of hydrogen-bond donors (Lipinski definition) is 2. The van der Waals surface area contributed by atoms with Gasteiger partial charge in [0.15, 0.2) is 0 Å². The molecule has 304 valence electrons. The van der Waals surface area contributed by atoms with E-state index in [0.29, 0.717) is 31.3 Å². The molecular formula is C44H71FN4O5. The molecule has 2 N–H and O–H groups in total. The summed E-state index contributed by atoms with van der Waals surface area (Å²) in [6, 6.07) is -0.810. The van der Waals surface area contributed by atoms with Crippen LogP contribution in [0.25, 0.3) is 0 Å². The van der Waals surface area contributed by atoms with E-state index >= 15 is 4.39 Å².